The lowest BCUT2D eigenvalue weighted by Crippen LogP contribution is -2.64. The monoisotopic (exact) mass is 578 g/mol. The standard InChI is InChI=1S/C30H29F3N6O3/c1-6-21(41)30(5)15-34-12-13-38(30)26-17-14-19(32)23(22-18(31)8-7-9-20(22)40)36-27(17)39(28(42)37-26)24-16(2)10-11-35-25(24)29(3,4)33/h6-11,14,34,40H,1,12-13,15H2,2-5H3/t30-/m0/s1. The minimum Gasteiger partial charge on any atom is -0.507 e. The Morgan fingerprint density at radius 1 is 1.21 bits per heavy atom. The predicted molar refractivity (Wildman–Crippen MR) is 153 cm³/mol. The van der Waals surface area contributed by atoms with Gasteiger partial charge in [-0.05, 0) is 63.6 Å². The first kappa shape index (κ1) is 28.9. The summed E-state index contributed by atoms with van der Waals surface area (Å²) >= 11 is 0. The molecule has 0 spiro atoms. The van der Waals surface area contributed by atoms with Crippen LogP contribution in [0.1, 0.15) is 32.0 Å². The summed E-state index contributed by atoms with van der Waals surface area (Å²) in [7, 11) is 0. The van der Waals surface area contributed by atoms with Crippen LogP contribution in [0.3, 0.4) is 0 Å². The van der Waals surface area contributed by atoms with Gasteiger partial charge in [0.25, 0.3) is 0 Å². The highest BCUT2D eigenvalue weighted by Crippen LogP contribution is 2.38. The summed E-state index contributed by atoms with van der Waals surface area (Å²) < 4.78 is 47.3. The van der Waals surface area contributed by atoms with Crippen molar-refractivity contribution in [3.8, 4) is 22.7 Å². The number of nitrogens with zero attached hydrogens (tertiary/aromatic N) is 5. The number of pyridine rings is 2. The Labute approximate surface area is 239 Å². The maximum Gasteiger partial charge on any atom is 0.355 e. The number of hydrogen-bond donors (Lipinski definition) is 2. The van der Waals surface area contributed by atoms with Crippen molar-refractivity contribution in [3.63, 3.8) is 0 Å². The van der Waals surface area contributed by atoms with Crippen LogP contribution < -0.4 is 15.9 Å². The lowest BCUT2D eigenvalue weighted by molar-refractivity contribution is -0.119. The number of fused-ring (bicyclic) bond motifs is 1. The van der Waals surface area contributed by atoms with E-state index in [2.05, 4.69) is 26.8 Å². The zero-order valence-electron chi connectivity index (χ0n) is 23.5. The van der Waals surface area contributed by atoms with E-state index in [0.717, 1.165) is 22.8 Å². The van der Waals surface area contributed by atoms with E-state index in [1.54, 1.807) is 24.8 Å². The van der Waals surface area contributed by atoms with Gasteiger partial charge < -0.3 is 15.3 Å². The molecular formula is C30H29F3N6O3. The predicted octanol–water partition coefficient (Wildman–Crippen LogP) is 4.26. The molecule has 42 heavy (non-hydrogen) atoms. The number of aromatic hydroxyl groups is 1. The third kappa shape index (κ3) is 4.61. The number of nitrogens with one attached hydrogen (secondary N) is 1. The average Bonchev–Trinajstić information content (AvgIpc) is 2.93. The van der Waals surface area contributed by atoms with Gasteiger partial charge in [0, 0.05) is 25.8 Å². The second-order valence-electron chi connectivity index (χ2n) is 10.8. The highest BCUT2D eigenvalue weighted by atomic mass is 19.1. The van der Waals surface area contributed by atoms with Gasteiger partial charge in [0.2, 0.25) is 0 Å². The number of aromatic nitrogens is 4. The quantitative estimate of drug-likeness (QED) is 0.327. The van der Waals surface area contributed by atoms with Crippen molar-refractivity contribution in [3.05, 3.63) is 82.6 Å². The number of carbonyl (C=O) groups excluding carboxylic acids is 1. The smallest absolute Gasteiger partial charge is 0.355 e. The fraction of sp³-hybridized carbons (Fsp3) is 0.300. The zero-order chi connectivity index (χ0) is 30.6. The van der Waals surface area contributed by atoms with Crippen molar-refractivity contribution in [1.29, 1.82) is 0 Å². The molecule has 1 aliphatic rings. The zero-order valence-corrected chi connectivity index (χ0v) is 23.5. The molecule has 5 rings (SSSR count). The summed E-state index contributed by atoms with van der Waals surface area (Å²) in [6, 6.07) is 6.06. The molecule has 12 heteroatoms. The van der Waals surface area contributed by atoms with Crippen LogP contribution in [0.2, 0.25) is 0 Å². The Hall–Kier alpha value is -4.58. The van der Waals surface area contributed by atoms with Gasteiger partial charge in [-0.1, -0.05) is 12.6 Å². The van der Waals surface area contributed by atoms with E-state index >= 15 is 8.78 Å². The van der Waals surface area contributed by atoms with Crippen LogP contribution in [0.15, 0.2) is 54.0 Å². The van der Waals surface area contributed by atoms with Gasteiger partial charge in [-0.15, -0.1) is 0 Å². The first-order valence-electron chi connectivity index (χ1n) is 13.2. The number of halogens is 3. The lowest BCUT2D eigenvalue weighted by atomic mass is 9.91. The van der Waals surface area contributed by atoms with E-state index in [1.807, 2.05) is 0 Å². The molecule has 9 nitrogen and oxygen atoms in total. The third-order valence-corrected chi connectivity index (χ3v) is 7.49. The molecular weight excluding hydrogens is 549 g/mol. The van der Waals surface area contributed by atoms with Crippen LogP contribution in [-0.4, -0.2) is 55.6 Å². The van der Waals surface area contributed by atoms with Crippen LogP contribution in [-0.2, 0) is 10.5 Å². The van der Waals surface area contributed by atoms with Crippen molar-refractivity contribution >= 4 is 22.6 Å². The number of alkyl halides is 1. The van der Waals surface area contributed by atoms with Gasteiger partial charge in [0.15, 0.2) is 17.2 Å². The molecule has 1 fully saturated rings. The molecule has 4 aromatic rings. The van der Waals surface area contributed by atoms with Crippen molar-refractivity contribution in [2.24, 2.45) is 0 Å². The van der Waals surface area contributed by atoms with Crippen molar-refractivity contribution < 1.29 is 23.1 Å². The number of aryl methyl sites for hydroxylation is 1. The van der Waals surface area contributed by atoms with Crippen LogP contribution in [0.25, 0.3) is 28.0 Å². The molecule has 3 aromatic heterocycles. The van der Waals surface area contributed by atoms with Gasteiger partial charge in [-0.2, -0.15) is 4.98 Å². The normalized spacial score (nSPS) is 17.5. The first-order chi connectivity index (χ1) is 19.8. The topological polar surface area (TPSA) is 113 Å². The van der Waals surface area contributed by atoms with Gasteiger partial charge in [0.1, 0.15) is 40.0 Å². The van der Waals surface area contributed by atoms with E-state index in [9.17, 15) is 19.1 Å². The minimum absolute atomic E-state index is 0.00235. The number of phenols is 1. The second kappa shape index (κ2) is 10.4. The number of piperazine rings is 1. The number of benzene rings is 1. The van der Waals surface area contributed by atoms with Gasteiger partial charge in [0.05, 0.1) is 16.6 Å². The fourth-order valence-corrected chi connectivity index (χ4v) is 5.35. The third-order valence-electron chi connectivity index (χ3n) is 7.49. The van der Waals surface area contributed by atoms with Crippen molar-refractivity contribution in [1.82, 2.24) is 24.8 Å². The molecule has 1 atom stereocenters. The maximum absolute atomic E-state index is 15.9. The molecule has 0 amide bonds. The Morgan fingerprint density at radius 3 is 2.62 bits per heavy atom. The van der Waals surface area contributed by atoms with Crippen molar-refractivity contribution in [2.75, 3.05) is 24.5 Å². The Balaban J connectivity index is 1.95. The summed E-state index contributed by atoms with van der Waals surface area (Å²) in [6.07, 6.45) is 2.56. The molecule has 0 unspecified atom stereocenters. The number of carbonyl (C=O) groups is 1. The molecule has 1 aromatic carbocycles. The van der Waals surface area contributed by atoms with E-state index in [0.29, 0.717) is 12.1 Å². The molecule has 1 saturated heterocycles. The van der Waals surface area contributed by atoms with E-state index < -0.39 is 45.5 Å². The van der Waals surface area contributed by atoms with E-state index in [-0.39, 0.29) is 47.1 Å². The molecule has 0 radical (unpaired) electrons. The molecule has 0 aliphatic carbocycles. The number of hydrogen-bond acceptors (Lipinski definition) is 8. The fourth-order valence-electron chi connectivity index (χ4n) is 5.35. The first-order valence-corrected chi connectivity index (χ1v) is 13.2. The molecule has 1 aliphatic heterocycles. The van der Waals surface area contributed by atoms with Crippen LogP contribution in [0, 0.1) is 18.6 Å². The number of anilines is 1. The molecule has 4 heterocycles. The van der Waals surface area contributed by atoms with Gasteiger partial charge in [-0.3, -0.25) is 9.78 Å². The average molecular weight is 579 g/mol. The Morgan fingerprint density at radius 2 is 1.95 bits per heavy atom. The molecule has 218 valence electrons. The van der Waals surface area contributed by atoms with E-state index in [1.165, 1.54) is 32.2 Å². The maximum atomic E-state index is 15.9. The van der Waals surface area contributed by atoms with Gasteiger partial charge >= 0.3 is 5.69 Å². The summed E-state index contributed by atoms with van der Waals surface area (Å²) in [6.45, 7) is 10.3. The van der Waals surface area contributed by atoms with Gasteiger partial charge in [-0.25, -0.2) is 27.5 Å². The second-order valence-corrected chi connectivity index (χ2v) is 10.8. The molecule has 0 saturated carbocycles. The summed E-state index contributed by atoms with van der Waals surface area (Å²) in [4.78, 5) is 41.4. The van der Waals surface area contributed by atoms with Crippen LogP contribution in [0.4, 0.5) is 19.0 Å². The highest BCUT2D eigenvalue weighted by Gasteiger charge is 2.42. The minimum atomic E-state index is -2.02. The summed E-state index contributed by atoms with van der Waals surface area (Å²) in [5.74, 6) is -2.93. The lowest BCUT2D eigenvalue weighted by Gasteiger charge is -2.44. The molecule has 2 N–H and O–H groups in total. The largest absolute Gasteiger partial charge is 0.507 e. The summed E-state index contributed by atoms with van der Waals surface area (Å²) in [5.41, 5.74) is -5.08. The van der Waals surface area contributed by atoms with Crippen LogP contribution in [0.5, 0.6) is 5.75 Å². The Kier molecular flexibility index (Phi) is 7.13. The van der Waals surface area contributed by atoms with E-state index in [4.69, 9.17) is 0 Å². The summed E-state index contributed by atoms with van der Waals surface area (Å²) in [5, 5.41) is 13.6. The Bertz CT molecular complexity index is 1800. The van der Waals surface area contributed by atoms with Crippen LogP contribution >= 0.6 is 0 Å². The molecule has 0 bridgehead atoms. The SMILES string of the molecule is C=CC(=O)[C@]1(C)CNCCN1c1nc(=O)n(-c2c(C)ccnc2C(C)(C)F)c2nc(-c3c(O)cccc3F)c(F)cc12. The number of rotatable bonds is 6. The van der Waals surface area contributed by atoms with Crippen molar-refractivity contribution in [2.45, 2.75) is 38.9 Å². The number of ketones is 1. The highest BCUT2D eigenvalue weighted by molar-refractivity contribution is 6.02. The number of phenolic OH excluding ortho intramolecular Hbond substituents is 1.